The highest BCUT2D eigenvalue weighted by Gasteiger charge is 2.39. The fourth-order valence-corrected chi connectivity index (χ4v) is 10.7. The first kappa shape index (κ1) is 56.0. The number of aryl methyl sites for hydroxylation is 1. The van der Waals surface area contributed by atoms with Gasteiger partial charge in [-0.2, -0.15) is 26.3 Å². The molecule has 0 spiro atoms. The fourth-order valence-electron chi connectivity index (χ4n) is 6.51. The van der Waals surface area contributed by atoms with Crippen LogP contribution >= 0.6 is 58.2 Å². The van der Waals surface area contributed by atoms with Crippen LogP contribution in [0, 0.1) is 0 Å². The Morgan fingerprint density at radius 2 is 1.01 bits per heavy atom. The summed E-state index contributed by atoms with van der Waals surface area (Å²) in [7, 11) is -7.00. The van der Waals surface area contributed by atoms with Gasteiger partial charge in [0.05, 0.1) is 52.4 Å². The standard InChI is InChI=1S/C23H19Cl2F3N2O4S.C22H17Cl2F3N2O4S2/c1-3-14-6-4-5-7-17(14)22(31)21-20(10-15(24)12-29-21)30(13-34-2)35(32,33)16-8-9-19(25)18(11-16)23(26,27)28;1-33-12-29(35(31,32)14-7-8-17(24)16(10-14)22(25,26)27)18-9-13(23)11-28-20(18)21(30)15-5-3-4-6-19(15)34-2/h4-12H,3,13H2,1-2H3;3-11H,12H2,1-2H3. The molecule has 0 N–H and O–H groups in total. The van der Waals surface area contributed by atoms with E-state index >= 15 is 0 Å². The zero-order chi connectivity index (χ0) is 51.9. The van der Waals surface area contributed by atoms with Crippen LogP contribution in [0.15, 0.2) is 124 Å². The molecule has 12 nitrogen and oxygen atoms in total. The SMILES string of the molecule is CCc1ccccc1C(=O)c1ncc(Cl)cc1N(COC)S(=O)(=O)c1ccc(Cl)c(C(F)(F)F)c1.COCN(c1cc(Cl)cnc1C(=O)c1ccccc1SC)S(=O)(=O)c1ccc(Cl)c(C(F)(F)F)c1. The average Bonchev–Trinajstić information content (AvgIpc) is 3.31. The van der Waals surface area contributed by atoms with Gasteiger partial charge in [-0.05, 0) is 78.9 Å². The molecule has 4 aromatic carbocycles. The van der Waals surface area contributed by atoms with Crippen LogP contribution in [0.4, 0.5) is 37.7 Å². The molecule has 0 aliphatic carbocycles. The van der Waals surface area contributed by atoms with E-state index in [1.165, 1.54) is 50.5 Å². The Bertz CT molecular complexity index is 2940. The van der Waals surface area contributed by atoms with Gasteiger partial charge in [-0.3, -0.25) is 9.59 Å². The first-order chi connectivity index (χ1) is 32.8. The lowest BCUT2D eigenvalue weighted by Crippen LogP contribution is -2.34. The highest BCUT2D eigenvalue weighted by atomic mass is 35.5. The summed E-state index contributed by atoms with van der Waals surface area (Å²) in [6, 6.07) is 20.1. The van der Waals surface area contributed by atoms with E-state index in [2.05, 4.69) is 9.97 Å². The molecule has 0 amide bonds. The zero-order valence-corrected chi connectivity index (χ0v) is 42.0. The van der Waals surface area contributed by atoms with Crippen molar-refractivity contribution in [1.29, 1.82) is 0 Å². The third kappa shape index (κ3) is 12.5. The van der Waals surface area contributed by atoms with Crippen LogP contribution in [-0.4, -0.2) is 72.3 Å². The number of ketones is 2. The summed E-state index contributed by atoms with van der Waals surface area (Å²) in [5.41, 5.74) is -2.44. The molecule has 0 radical (unpaired) electrons. The van der Waals surface area contributed by atoms with Crippen molar-refractivity contribution in [2.75, 3.05) is 42.5 Å². The molecule has 372 valence electrons. The maximum absolute atomic E-state index is 13.5. The molecule has 70 heavy (non-hydrogen) atoms. The van der Waals surface area contributed by atoms with E-state index in [0.717, 1.165) is 24.3 Å². The number of halogens is 10. The molecule has 0 unspecified atom stereocenters. The number of nitrogens with zero attached hydrogens (tertiary/aromatic N) is 4. The molecule has 0 aliphatic heterocycles. The molecule has 2 heterocycles. The summed E-state index contributed by atoms with van der Waals surface area (Å²) in [4.78, 5) is 34.2. The minimum Gasteiger partial charge on any atom is -0.363 e. The largest absolute Gasteiger partial charge is 0.417 e. The number of sulfonamides is 2. The van der Waals surface area contributed by atoms with Gasteiger partial charge >= 0.3 is 12.4 Å². The van der Waals surface area contributed by atoms with E-state index in [1.807, 2.05) is 6.92 Å². The summed E-state index contributed by atoms with van der Waals surface area (Å²) in [5.74, 6) is -1.19. The Labute approximate surface area is 422 Å². The van der Waals surface area contributed by atoms with Crippen LogP contribution in [0.2, 0.25) is 20.1 Å². The van der Waals surface area contributed by atoms with Gasteiger partial charge in [0.25, 0.3) is 20.0 Å². The Balaban J connectivity index is 0.000000261. The number of benzene rings is 4. The molecule has 0 atom stereocenters. The van der Waals surface area contributed by atoms with Crippen molar-refractivity contribution >= 4 is 101 Å². The number of thioether (sulfide) groups is 1. The maximum Gasteiger partial charge on any atom is 0.417 e. The topological polar surface area (TPSA) is 153 Å². The van der Waals surface area contributed by atoms with Crippen molar-refractivity contribution in [1.82, 2.24) is 9.97 Å². The van der Waals surface area contributed by atoms with E-state index in [0.29, 0.717) is 43.2 Å². The van der Waals surface area contributed by atoms with Crippen LogP contribution in [0.3, 0.4) is 0 Å². The number of aromatic nitrogens is 2. The minimum atomic E-state index is -4.89. The number of methoxy groups -OCH3 is 2. The second kappa shape index (κ2) is 23.1. The summed E-state index contributed by atoms with van der Waals surface area (Å²) in [6.07, 6.45) is -5.15. The molecule has 0 saturated carbocycles. The maximum atomic E-state index is 13.5. The molecule has 0 bridgehead atoms. The van der Waals surface area contributed by atoms with Crippen molar-refractivity contribution in [2.24, 2.45) is 0 Å². The van der Waals surface area contributed by atoms with Crippen LogP contribution in [0.25, 0.3) is 0 Å². The highest BCUT2D eigenvalue weighted by Crippen LogP contribution is 2.40. The molecule has 0 fully saturated rings. The lowest BCUT2D eigenvalue weighted by Gasteiger charge is -2.25. The van der Waals surface area contributed by atoms with Gasteiger partial charge in [0.1, 0.15) is 24.8 Å². The number of ether oxygens (including phenoxy) is 2. The quantitative estimate of drug-likeness (QED) is 0.0394. The third-order valence-electron chi connectivity index (χ3n) is 9.79. The van der Waals surface area contributed by atoms with Crippen molar-refractivity contribution in [3.8, 4) is 0 Å². The van der Waals surface area contributed by atoms with Gasteiger partial charge in [-0.25, -0.2) is 35.4 Å². The number of hydrogen-bond acceptors (Lipinski definition) is 11. The number of pyridine rings is 2. The number of carbonyl (C=O) groups excluding carboxylic acids is 2. The first-order valence-electron chi connectivity index (χ1n) is 19.7. The molecule has 6 rings (SSSR count). The van der Waals surface area contributed by atoms with Gasteiger partial charge in [0.2, 0.25) is 11.6 Å². The molecule has 0 saturated heterocycles. The van der Waals surface area contributed by atoms with Gasteiger partial charge in [-0.15, -0.1) is 11.8 Å². The number of alkyl halides is 6. The molecular formula is C45H36Cl4F6N4O8S3. The minimum absolute atomic E-state index is 0.00177. The average molecular weight is 1110 g/mol. The second-order valence-electron chi connectivity index (χ2n) is 14.2. The number of anilines is 2. The summed E-state index contributed by atoms with van der Waals surface area (Å²) >= 11 is 24.7. The van der Waals surface area contributed by atoms with Crippen molar-refractivity contribution < 1.29 is 62.2 Å². The predicted octanol–water partition coefficient (Wildman–Crippen LogP) is 12.2. The molecule has 2 aromatic heterocycles. The Morgan fingerprint density at radius 1 is 0.614 bits per heavy atom. The summed E-state index contributed by atoms with van der Waals surface area (Å²) in [6.45, 7) is 0.575. The van der Waals surface area contributed by atoms with Crippen LogP contribution in [0.1, 0.15) is 55.7 Å². The number of hydrogen-bond donors (Lipinski definition) is 0. The number of carbonyl (C=O) groups is 2. The summed E-state index contributed by atoms with van der Waals surface area (Å²) in [5, 5.41) is -1.32. The Kier molecular flexibility index (Phi) is 18.4. The fraction of sp³-hybridized carbons (Fsp3) is 0.200. The molecule has 25 heteroatoms. The smallest absolute Gasteiger partial charge is 0.363 e. The zero-order valence-electron chi connectivity index (χ0n) is 36.6. The van der Waals surface area contributed by atoms with Crippen LogP contribution < -0.4 is 8.61 Å². The van der Waals surface area contributed by atoms with Gasteiger partial charge in [0.15, 0.2) is 0 Å². The van der Waals surface area contributed by atoms with E-state index < -0.39 is 88.4 Å². The van der Waals surface area contributed by atoms with Crippen molar-refractivity contribution in [3.05, 3.63) is 169 Å². The lowest BCUT2D eigenvalue weighted by molar-refractivity contribution is -0.138. The predicted molar refractivity (Wildman–Crippen MR) is 255 cm³/mol. The molecule has 0 aliphatic rings. The normalized spacial score (nSPS) is 12.0. The highest BCUT2D eigenvalue weighted by molar-refractivity contribution is 7.98. The van der Waals surface area contributed by atoms with Gasteiger partial charge in [-0.1, -0.05) is 89.7 Å². The van der Waals surface area contributed by atoms with Crippen molar-refractivity contribution in [3.63, 3.8) is 0 Å². The van der Waals surface area contributed by atoms with E-state index in [4.69, 9.17) is 55.9 Å². The van der Waals surface area contributed by atoms with Crippen LogP contribution in [-0.2, 0) is 48.3 Å². The van der Waals surface area contributed by atoms with E-state index in [-0.39, 0.29) is 38.4 Å². The Morgan fingerprint density at radius 3 is 1.41 bits per heavy atom. The van der Waals surface area contributed by atoms with Crippen LogP contribution in [0.5, 0.6) is 0 Å². The van der Waals surface area contributed by atoms with Gasteiger partial charge < -0.3 is 9.47 Å². The number of rotatable bonds is 16. The monoisotopic (exact) mass is 1110 g/mol. The second-order valence-corrected chi connectivity index (χ2v) is 20.5. The summed E-state index contributed by atoms with van der Waals surface area (Å²) < 4.78 is 146. The lowest BCUT2D eigenvalue weighted by atomic mass is 9.99. The van der Waals surface area contributed by atoms with E-state index in [1.54, 1.807) is 54.8 Å². The van der Waals surface area contributed by atoms with Crippen molar-refractivity contribution in [2.45, 2.75) is 40.4 Å². The Hall–Kier alpha value is -4.97. The van der Waals surface area contributed by atoms with E-state index in [9.17, 15) is 52.8 Å². The molecular weight excluding hydrogens is 1080 g/mol. The van der Waals surface area contributed by atoms with Gasteiger partial charge in [0, 0.05) is 42.6 Å². The third-order valence-corrected chi connectivity index (χ3v) is 15.1. The molecule has 6 aromatic rings. The first-order valence-corrected chi connectivity index (χ1v) is 25.3.